The van der Waals surface area contributed by atoms with Crippen LogP contribution in [0.15, 0.2) is 18.3 Å². The number of alkyl halides is 3. The summed E-state index contributed by atoms with van der Waals surface area (Å²) >= 11 is 0. The summed E-state index contributed by atoms with van der Waals surface area (Å²) in [4.78, 5) is 14.9. The van der Waals surface area contributed by atoms with Crippen LogP contribution in [0.1, 0.15) is 24.2 Å². The third-order valence-corrected chi connectivity index (χ3v) is 1.97. The molecule has 17 heavy (non-hydrogen) atoms. The fraction of sp³-hybridized carbons (Fsp3) is 0.400. The maximum absolute atomic E-state index is 12.4. The van der Waals surface area contributed by atoms with Crippen molar-refractivity contribution in [2.75, 3.05) is 6.61 Å². The predicted octanol–water partition coefficient (Wildman–Crippen LogP) is 1.66. The summed E-state index contributed by atoms with van der Waals surface area (Å²) in [5, 5.41) is 0. The van der Waals surface area contributed by atoms with Crippen LogP contribution in [0, 0.1) is 0 Å². The molecule has 0 saturated heterocycles. The first-order valence-electron chi connectivity index (χ1n) is 4.81. The summed E-state index contributed by atoms with van der Waals surface area (Å²) in [6.07, 6.45) is -3.54. The van der Waals surface area contributed by atoms with Crippen LogP contribution in [0.5, 0.6) is 0 Å². The standard InChI is InChI=1S/C10H11F3N2O2/c1-2-17-9(16)8(14)7-5-6(3-4-15-7)10(11,12)13/h3-5,8H,2,14H2,1H3. The number of pyridine rings is 1. The molecule has 7 heteroatoms. The van der Waals surface area contributed by atoms with Gasteiger partial charge in [0, 0.05) is 6.20 Å². The second-order valence-corrected chi connectivity index (χ2v) is 3.20. The highest BCUT2D eigenvalue weighted by atomic mass is 19.4. The van der Waals surface area contributed by atoms with Gasteiger partial charge in [-0.25, -0.2) is 4.79 Å². The lowest BCUT2D eigenvalue weighted by molar-refractivity contribution is -0.145. The molecule has 4 nitrogen and oxygen atoms in total. The molecule has 1 heterocycles. The molecule has 0 aromatic carbocycles. The van der Waals surface area contributed by atoms with Crippen molar-refractivity contribution in [1.29, 1.82) is 0 Å². The number of carbonyl (C=O) groups excluding carboxylic acids is 1. The van der Waals surface area contributed by atoms with Gasteiger partial charge in [-0.1, -0.05) is 0 Å². The van der Waals surface area contributed by atoms with Crippen molar-refractivity contribution >= 4 is 5.97 Å². The predicted molar refractivity (Wildman–Crippen MR) is 52.8 cm³/mol. The van der Waals surface area contributed by atoms with E-state index in [0.29, 0.717) is 0 Å². The van der Waals surface area contributed by atoms with Gasteiger partial charge in [0.15, 0.2) is 0 Å². The SMILES string of the molecule is CCOC(=O)C(N)c1cc(C(F)(F)F)ccn1. The van der Waals surface area contributed by atoms with Crippen molar-refractivity contribution in [2.24, 2.45) is 5.73 Å². The largest absolute Gasteiger partial charge is 0.465 e. The molecular formula is C10H11F3N2O2. The Bertz CT molecular complexity index is 407. The van der Waals surface area contributed by atoms with Gasteiger partial charge < -0.3 is 10.5 Å². The Morgan fingerprint density at radius 2 is 2.24 bits per heavy atom. The molecule has 0 aliphatic heterocycles. The summed E-state index contributed by atoms with van der Waals surface area (Å²) in [7, 11) is 0. The highest BCUT2D eigenvalue weighted by molar-refractivity contribution is 5.76. The first kappa shape index (κ1) is 13.4. The van der Waals surface area contributed by atoms with Gasteiger partial charge in [0.2, 0.25) is 0 Å². The van der Waals surface area contributed by atoms with E-state index in [-0.39, 0.29) is 12.3 Å². The van der Waals surface area contributed by atoms with Crippen LogP contribution in [0.25, 0.3) is 0 Å². The molecular weight excluding hydrogens is 237 g/mol. The number of nitrogens with zero attached hydrogens (tertiary/aromatic N) is 1. The minimum absolute atomic E-state index is 0.103. The third-order valence-electron chi connectivity index (χ3n) is 1.97. The third kappa shape index (κ3) is 3.42. The van der Waals surface area contributed by atoms with Crippen LogP contribution in [0.2, 0.25) is 0 Å². The van der Waals surface area contributed by atoms with Gasteiger partial charge >= 0.3 is 12.1 Å². The van der Waals surface area contributed by atoms with E-state index in [1.54, 1.807) is 6.92 Å². The summed E-state index contributed by atoms with van der Waals surface area (Å²) in [5.41, 5.74) is 4.36. The zero-order valence-corrected chi connectivity index (χ0v) is 8.99. The van der Waals surface area contributed by atoms with Crippen molar-refractivity contribution in [3.05, 3.63) is 29.6 Å². The molecule has 0 aliphatic rings. The number of aromatic nitrogens is 1. The number of esters is 1. The molecule has 1 rings (SSSR count). The van der Waals surface area contributed by atoms with Crippen LogP contribution in [0.4, 0.5) is 13.2 Å². The van der Waals surface area contributed by atoms with Crippen LogP contribution in [0.3, 0.4) is 0 Å². The van der Waals surface area contributed by atoms with E-state index in [9.17, 15) is 18.0 Å². The summed E-state index contributed by atoms with van der Waals surface area (Å²) in [5.74, 6) is -0.806. The maximum atomic E-state index is 12.4. The molecule has 1 unspecified atom stereocenters. The van der Waals surface area contributed by atoms with E-state index >= 15 is 0 Å². The molecule has 0 radical (unpaired) electrons. The van der Waals surface area contributed by atoms with Crippen LogP contribution < -0.4 is 5.73 Å². The number of halogens is 3. The maximum Gasteiger partial charge on any atom is 0.416 e. The molecule has 2 N–H and O–H groups in total. The number of hydrogen-bond acceptors (Lipinski definition) is 4. The molecule has 0 amide bonds. The smallest absolute Gasteiger partial charge is 0.416 e. The minimum atomic E-state index is -4.49. The Morgan fingerprint density at radius 3 is 2.76 bits per heavy atom. The molecule has 0 spiro atoms. The van der Waals surface area contributed by atoms with E-state index < -0.39 is 23.8 Å². The van der Waals surface area contributed by atoms with Gasteiger partial charge in [-0.2, -0.15) is 13.2 Å². The topological polar surface area (TPSA) is 65.2 Å². The molecule has 0 aliphatic carbocycles. The van der Waals surface area contributed by atoms with Crippen molar-refractivity contribution in [1.82, 2.24) is 4.98 Å². The number of ether oxygens (including phenoxy) is 1. The first-order valence-corrected chi connectivity index (χ1v) is 4.81. The second-order valence-electron chi connectivity index (χ2n) is 3.20. The molecule has 1 atom stereocenters. The molecule has 1 aromatic rings. The van der Waals surface area contributed by atoms with E-state index in [2.05, 4.69) is 9.72 Å². The highest BCUT2D eigenvalue weighted by Crippen LogP contribution is 2.29. The number of carbonyl (C=O) groups is 1. The molecule has 94 valence electrons. The van der Waals surface area contributed by atoms with E-state index in [0.717, 1.165) is 18.3 Å². The van der Waals surface area contributed by atoms with Gasteiger partial charge in [0.1, 0.15) is 6.04 Å². The average Bonchev–Trinajstić information content (AvgIpc) is 2.27. The Hall–Kier alpha value is -1.63. The van der Waals surface area contributed by atoms with Gasteiger partial charge in [0.25, 0.3) is 0 Å². The van der Waals surface area contributed by atoms with Crippen molar-refractivity contribution in [3.63, 3.8) is 0 Å². The molecule has 0 bridgehead atoms. The fourth-order valence-electron chi connectivity index (χ4n) is 1.15. The monoisotopic (exact) mass is 248 g/mol. The van der Waals surface area contributed by atoms with Crippen LogP contribution in [-0.4, -0.2) is 17.6 Å². The molecule has 0 fully saturated rings. The summed E-state index contributed by atoms with van der Waals surface area (Å²) in [6.45, 7) is 1.68. The van der Waals surface area contributed by atoms with Crippen LogP contribution >= 0.6 is 0 Å². The lowest BCUT2D eigenvalue weighted by Crippen LogP contribution is -2.25. The Balaban J connectivity index is 2.96. The zero-order valence-electron chi connectivity index (χ0n) is 8.99. The highest BCUT2D eigenvalue weighted by Gasteiger charge is 2.31. The second kappa shape index (κ2) is 5.13. The zero-order chi connectivity index (χ0) is 13.1. The molecule has 0 saturated carbocycles. The quantitative estimate of drug-likeness (QED) is 0.826. The summed E-state index contributed by atoms with van der Waals surface area (Å²) in [6, 6.07) is 0.237. The Morgan fingerprint density at radius 1 is 1.59 bits per heavy atom. The van der Waals surface area contributed by atoms with Crippen molar-refractivity contribution in [2.45, 2.75) is 19.1 Å². The van der Waals surface area contributed by atoms with E-state index in [1.165, 1.54) is 0 Å². The Labute approximate surface area is 95.6 Å². The van der Waals surface area contributed by atoms with Gasteiger partial charge in [-0.3, -0.25) is 4.98 Å². The van der Waals surface area contributed by atoms with Crippen molar-refractivity contribution in [3.8, 4) is 0 Å². The van der Waals surface area contributed by atoms with Crippen LogP contribution in [-0.2, 0) is 15.7 Å². The lowest BCUT2D eigenvalue weighted by Gasteiger charge is -2.12. The van der Waals surface area contributed by atoms with Crippen molar-refractivity contribution < 1.29 is 22.7 Å². The lowest BCUT2D eigenvalue weighted by atomic mass is 10.1. The average molecular weight is 248 g/mol. The normalized spacial score (nSPS) is 13.2. The molecule has 1 aromatic heterocycles. The summed E-state index contributed by atoms with van der Waals surface area (Å²) < 4.78 is 41.8. The van der Waals surface area contributed by atoms with E-state index in [1.807, 2.05) is 0 Å². The number of nitrogens with two attached hydrogens (primary N) is 1. The fourth-order valence-corrected chi connectivity index (χ4v) is 1.15. The first-order chi connectivity index (χ1) is 7.86. The van der Waals surface area contributed by atoms with Gasteiger partial charge in [-0.05, 0) is 19.1 Å². The van der Waals surface area contributed by atoms with E-state index in [4.69, 9.17) is 5.73 Å². The Kier molecular flexibility index (Phi) is 4.06. The number of rotatable bonds is 3. The van der Waals surface area contributed by atoms with Gasteiger partial charge in [0.05, 0.1) is 17.9 Å². The van der Waals surface area contributed by atoms with Gasteiger partial charge in [-0.15, -0.1) is 0 Å². The number of hydrogen-bond donors (Lipinski definition) is 1. The minimum Gasteiger partial charge on any atom is -0.465 e.